The van der Waals surface area contributed by atoms with Gasteiger partial charge in [0.15, 0.2) is 0 Å². The quantitative estimate of drug-likeness (QED) is 0.614. The molecule has 0 spiro atoms. The predicted molar refractivity (Wildman–Crippen MR) is 82.1 cm³/mol. The largest absolute Gasteiger partial charge is 0.399 e. The lowest BCUT2D eigenvalue weighted by Gasteiger charge is -2.06. The number of benzene rings is 2. The van der Waals surface area contributed by atoms with Crippen molar-refractivity contribution in [1.82, 2.24) is 5.32 Å². The van der Waals surface area contributed by atoms with Crippen LogP contribution in [0.25, 0.3) is 0 Å². The van der Waals surface area contributed by atoms with Crippen molar-refractivity contribution in [3.8, 4) is 0 Å². The van der Waals surface area contributed by atoms with Crippen molar-refractivity contribution in [1.29, 1.82) is 0 Å². The molecule has 2 heteroatoms. The molecule has 2 aromatic carbocycles. The second-order valence-corrected chi connectivity index (χ2v) is 4.84. The van der Waals surface area contributed by atoms with Gasteiger partial charge in [0.2, 0.25) is 0 Å². The Labute approximate surface area is 115 Å². The zero-order chi connectivity index (χ0) is 13.5. The highest BCUT2D eigenvalue weighted by Gasteiger charge is 1.96. The summed E-state index contributed by atoms with van der Waals surface area (Å²) in [6.07, 6.45) is 2.17. The van der Waals surface area contributed by atoms with Gasteiger partial charge in [0.05, 0.1) is 0 Å². The molecule has 19 heavy (non-hydrogen) atoms. The summed E-state index contributed by atoms with van der Waals surface area (Å²) in [6, 6.07) is 16.9. The Morgan fingerprint density at radius 1 is 0.947 bits per heavy atom. The molecule has 0 amide bonds. The first-order valence-corrected chi connectivity index (χ1v) is 6.91. The summed E-state index contributed by atoms with van der Waals surface area (Å²) >= 11 is 0. The van der Waals surface area contributed by atoms with Gasteiger partial charge in [-0.2, -0.15) is 0 Å². The van der Waals surface area contributed by atoms with E-state index in [-0.39, 0.29) is 0 Å². The molecule has 2 rings (SSSR count). The minimum Gasteiger partial charge on any atom is -0.399 e. The molecule has 0 aliphatic carbocycles. The minimum absolute atomic E-state index is 0.828. The summed E-state index contributed by atoms with van der Waals surface area (Å²) in [5.41, 5.74) is 10.6. The van der Waals surface area contributed by atoms with E-state index in [1.165, 1.54) is 16.7 Å². The van der Waals surface area contributed by atoms with Crippen molar-refractivity contribution >= 4 is 5.69 Å². The van der Waals surface area contributed by atoms with Gasteiger partial charge in [-0.15, -0.1) is 0 Å². The maximum atomic E-state index is 5.75. The van der Waals surface area contributed by atoms with Crippen LogP contribution in [-0.2, 0) is 19.4 Å². The Bertz CT molecular complexity index is 503. The van der Waals surface area contributed by atoms with Crippen LogP contribution in [0.3, 0.4) is 0 Å². The van der Waals surface area contributed by atoms with Gasteiger partial charge in [0.1, 0.15) is 0 Å². The molecule has 0 heterocycles. The van der Waals surface area contributed by atoms with Crippen LogP contribution in [0.5, 0.6) is 0 Å². The number of nitrogens with two attached hydrogens (primary N) is 1. The van der Waals surface area contributed by atoms with Gasteiger partial charge in [0, 0.05) is 12.2 Å². The Morgan fingerprint density at radius 3 is 2.37 bits per heavy atom. The molecular weight excluding hydrogens is 232 g/mol. The lowest BCUT2D eigenvalue weighted by Crippen LogP contribution is -2.16. The van der Waals surface area contributed by atoms with Crippen molar-refractivity contribution in [3.05, 3.63) is 65.2 Å². The van der Waals surface area contributed by atoms with E-state index in [2.05, 4.69) is 42.6 Å². The molecule has 0 saturated heterocycles. The normalized spacial score (nSPS) is 10.6. The Kier molecular flexibility index (Phi) is 4.99. The summed E-state index contributed by atoms with van der Waals surface area (Å²) in [5, 5.41) is 3.45. The van der Waals surface area contributed by atoms with Gasteiger partial charge in [-0.3, -0.25) is 0 Å². The number of hydrogen-bond acceptors (Lipinski definition) is 2. The fourth-order valence-corrected chi connectivity index (χ4v) is 2.11. The third kappa shape index (κ3) is 4.42. The third-order valence-corrected chi connectivity index (χ3v) is 3.30. The zero-order valence-electron chi connectivity index (χ0n) is 11.5. The van der Waals surface area contributed by atoms with Crippen LogP contribution in [0, 0.1) is 0 Å². The zero-order valence-corrected chi connectivity index (χ0v) is 11.5. The van der Waals surface area contributed by atoms with Gasteiger partial charge in [0.25, 0.3) is 0 Å². The summed E-state index contributed by atoms with van der Waals surface area (Å²) in [4.78, 5) is 0. The first kappa shape index (κ1) is 13.6. The number of aryl methyl sites for hydroxylation is 1. The van der Waals surface area contributed by atoms with Gasteiger partial charge in [-0.1, -0.05) is 43.3 Å². The van der Waals surface area contributed by atoms with E-state index < -0.39 is 0 Å². The van der Waals surface area contributed by atoms with E-state index in [0.29, 0.717) is 0 Å². The molecule has 0 saturated carbocycles. The number of nitrogens with one attached hydrogen (secondary N) is 1. The maximum Gasteiger partial charge on any atom is 0.0317 e. The van der Waals surface area contributed by atoms with Crippen LogP contribution < -0.4 is 11.1 Å². The van der Waals surface area contributed by atoms with E-state index in [1.807, 2.05) is 18.2 Å². The summed E-state index contributed by atoms with van der Waals surface area (Å²) < 4.78 is 0. The number of rotatable bonds is 6. The topological polar surface area (TPSA) is 38.0 Å². The second-order valence-electron chi connectivity index (χ2n) is 4.84. The van der Waals surface area contributed by atoms with E-state index in [4.69, 9.17) is 5.73 Å². The first-order chi connectivity index (χ1) is 9.28. The molecule has 0 aliphatic heterocycles. The molecule has 2 nitrogen and oxygen atoms in total. The number of hydrogen-bond donors (Lipinski definition) is 2. The number of nitrogen functional groups attached to an aromatic ring is 1. The highest BCUT2D eigenvalue weighted by Crippen LogP contribution is 2.07. The van der Waals surface area contributed by atoms with Crippen LogP contribution in [0.15, 0.2) is 48.5 Å². The van der Waals surface area contributed by atoms with Crippen molar-refractivity contribution < 1.29 is 0 Å². The van der Waals surface area contributed by atoms with E-state index in [9.17, 15) is 0 Å². The molecule has 0 bridgehead atoms. The fourth-order valence-electron chi connectivity index (χ4n) is 2.11. The molecule has 3 N–H and O–H groups in total. The standard InChI is InChI=1S/C17H22N2/c1-2-14-6-8-15(9-7-14)10-11-19-13-16-4-3-5-17(18)12-16/h3-9,12,19H,2,10-11,13,18H2,1H3. The second kappa shape index (κ2) is 6.95. The Hall–Kier alpha value is -1.80. The van der Waals surface area contributed by atoms with Crippen molar-refractivity contribution in [2.24, 2.45) is 0 Å². The van der Waals surface area contributed by atoms with E-state index in [0.717, 1.165) is 31.6 Å². The van der Waals surface area contributed by atoms with Crippen LogP contribution in [0.2, 0.25) is 0 Å². The molecule has 0 aliphatic rings. The molecule has 100 valence electrons. The summed E-state index contributed by atoms with van der Waals surface area (Å²) in [6.45, 7) is 4.04. The summed E-state index contributed by atoms with van der Waals surface area (Å²) in [5.74, 6) is 0. The van der Waals surface area contributed by atoms with Crippen LogP contribution in [0.1, 0.15) is 23.6 Å². The van der Waals surface area contributed by atoms with Crippen LogP contribution in [-0.4, -0.2) is 6.54 Å². The van der Waals surface area contributed by atoms with Gasteiger partial charge >= 0.3 is 0 Å². The number of anilines is 1. The highest BCUT2D eigenvalue weighted by atomic mass is 14.8. The molecule has 0 aromatic heterocycles. The van der Waals surface area contributed by atoms with Crippen LogP contribution in [0.4, 0.5) is 5.69 Å². The Morgan fingerprint density at radius 2 is 1.68 bits per heavy atom. The monoisotopic (exact) mass is 254 g/mol. The van der Waals surface area contributed by atoms with E-state index in [1.54, 1.807) is 0 Å². The fraction of sp³-hybridized carbons (Fsp3) is 0.294. The average Bonchev–Trinajstić information content (AvgIpc) is 2.44. The lowest BCUT2D eigenvalue weighted by molar-refractivity contribution is 0.687. The molecular formula is C17H22N2. The van der Waals surface area contributed by atoms with Gasteiger partial charge in [-0.25, -0.2) is 0 Å². The predicted octanol–water partition coefficient (Wildman–Crippen LogP) is 3.16. The molecule has 0 radical (unpaired) electrons. The van der Waals surface area contributed by atoms with Crippen molar-refractivity contribution in [2.45, 2.75) is 26.3 Å². The lowest BCUT2D eigenvalue weighted by atomic mass is 10.1. The highest BCUT2D eigenvalue weighted by molar-refractivity contribution is 5.40. The Balaban J connectivity index is 1.74. The minimum atomic E-state index is 0.828. The van der Waals surface area contributed by atoms with Crippen molar-refractivity contribution in [2.75, 3.05) is 12.3 Å². The smallest absolute Gasteiger partial charge is 0.0317 e. The van der Waals surface area contributed by atoms with E-state index >= 15 is 0 Å². The summed E-state index contributed by atoms with van der Waals surface area (Å²) in [7, 11) is 0. The SMILES string of the molecule is CCc1ccc(CCNCc2cccc(N)c2)cc1. The van der Waals surface area contributed by atoms with Crippen LogP contribution >= 0.6 is 0 Å². The molecule has 0 unspecified atom stereocenters. The molecule has 0 atom stereocenters. The first-order valence-electron chi connectivity index (χ1n) is 6.91. The van der Waals surface area contributed by atoms with Gasteiger partial charge in [-0.05, 0) is 48.2 Å². The van der Waals surface area contributed by atoms with Crippen molar-refractivity contribution in [3.63, 3.8) is 0 Å². The van der Waals surface area contributed by atoms with Gasteiger partial charge < -0.3 is 11.1 Å². The molecule has 2 aromatic rings. The average molecular weight is 254 g/mol. The third-order valence-electron chi connectivity index (χ3n) is 3.30. The molecule has 0 fully saturated rings. The maximum absolute atomic E-state index is 5.75.